The third-order valence-corrected chi connectivity index (χ3v) is 8.68. The zero-order valence-electron chi connectivity index (χ0n) is 18.4. The maximum absolute atomic E-state index is 12.8. The quantitative estimate of drug-likeness (QED) is 0.410. The monoisotopic (exact) mass is 478 g/mol. The second kappa shape index (κ2) is 8.95. The molecule has 1 aliphatic heterocycles. The summed E-state index contributed by atoms with van der Waals surface area (Å²) < 4.78 is 1.93. The SMILES string of the molecule is O=C(CSc1nnc2c3c4c(sc3ncn12)CCCC4)Nc1ccccc1N1CCCCC1. The Morgan fingerprint density at radius 1 is 1.06 bits per heavy atom. The number of amides is 1. The Morgan fingerprint density at radius 3 is 2.82 bits per heavy atom. The van der Waals surface area contributed by atoms with Gasteiger partial charge in [0.15, 0.2) is 10.8 Å². The van der Waals surface area contributed by atoms with Gasteiger partial charge in [0, 0.05) is 18.0 Å². The number of benzene rings is 1. The van der Waals surface area contributed by atoms with E-state index in [0.29, 0.717) is 5.16 Å². The molecule has 2 aliphatic rings. The van der Waals surface area contributed by atoms with E-state index >= 15 is 0 Å². The van der Waals surface area contributed by atoms with E-state index < -0.39 is 0 Å². The summed E-state index contributed by atoms with van der Waals surface area (Å²) in [6.07, 6.45) is 10.2. The highest BCUT2D eigenvalue weighted by atomic mass is 32.2. The smallest absolute Gasteiger partial charge is 0.234 e. The summed E-state index contributed by atoms with van der Waals surface area (Å²) >= 11 is 3.19. The number of hydrogen-bond acceptors (Lipinski definition) is 7. The third kappa shape index (κ3) is 3.97. The van der Waals surface area contributed by atoms with Gasteiger partial charge in [-0.25, -0.2) is 4.98 Å². The van der Waals surface area contributed by atoms with Gasteiger partial charge in [0.05, 0.1) is 22.5 Å². The minimum atomic E-state index is -0.0387. The molecule has 4 aromatic rings. The number of thiophene rings is 1. The van der Waals surface area contributed by atoms with Gasteiger partial charge in [-0.2, -0.15) is 0 Å². The largest absolute Gasteiger partial charge is 0.370 e. The molecular formula is C24H26N6OS2. The molecule has 4 heterocycles. The average Bonchev–Trinajstić information content (AvgIpc) is 3.44. The number of piperidine rings is 1. The predicted molar refractivity (Wildman–Crippen MR) is 135 cm³/mol. The van der Waals surface area contributed by atoms with Crippen molar-refractivity contribution in [1.82, 2.24) is 19.6 Å². The second-order valence-corrected chi connectivity index (χ2v) is 10.7. The van der Waals surface area contributed by atoms with E-state index in [9.17, 15) is 4.79 Å². The molecule has 0 atom stereocenters. The van der Waals surface area contributed by atoms with Crippen LogP contribution in [-0.4, -0.2) is 44.3 Å². The maximum Gasteiger partial charge on any atom is 0.234 e. The Hall–Kier alpha value is -2.65. The van der Waals surface area contributed by atoms with Gasteiger partial charge in [0.2, 0.25) is 5.91 Å². The van der Waals surface area contributed by atoms with Crippen LogP contribution in [0.3, 0.4) is 0 Å². The maximum atomic E-state index is 12.8. The molecule has 33 heavy (non-hydrogen) atoms. The van der Waals surface area contributed by atoms with Gasteiger partial charge in [-0.15, -0.1) is 21.5 Å². The summed E-state index contributed by atoms with van der Waals surface area (Å²) in [5.74, 6) is 0.234. The van der Waals surface area contributed by atoms with Gasteiger partial charge < -0.3 is 10.2 Å². The van der Waals surface area contributed by atoms with Crippen molar-refractivity contribution >= 4 is 56.2 Å². The lowest BCUT2D eigenvalue weighted by molar-refractivity contribution is -0.113. The zero-order chi connectivity index (χ0) is 22.2. The number of carbonyl (C=O) groups excluding carboxylic acids is 1. The molecule has 0 bridgehead atoms. The number of anilines is 2. The van der Waals surface area contributed by atoms with Crippen LogP contribution in [0.15, 0.2) is 35.7 Å². The minimum absolute atomic E-state index is 0.0387. The minimum Gasteiger partial charge on any atom is -0.370 e. The number of aromatic nitrogens is 4. The Morgan fingerprint density at radius 2 is 1.91 bits per heavy atom. The summed E-state index contributed by atoms with van der Waals surface area (Å²) in [7, 11) is 0. The van der Waals surface area contributed by atoms with Gasteiger partial charge in [0.1, 0.15) is 11.2 Å². The van der Waals surface area contributed by atoms with Crippen molar-refractivity contribution in [1.29, 1.82) is 0 Å². The van der Waals surface area contributed by atoms with Crippen LogP contribution >= 0.6 is 23.1 Å². The highest BCUT2D eigenvalue weighted by molar-refractivity contribution is 7.99. The third-order valence-electron chi connectivity index (χ3n) is 6.54. The molecule has 9 heteroatoms. The second-order valence-electron chi connectivity index (χ2n) is 8.71. The van der Waals surface area contributed by atoms with E-state index in [-0.39, 0.29) is 11.7 Å². The lowest BCUT2D eigenvalue weighted by atomic mass is 9.97. The molecule has 0 saturated carbocycles. The molecule has 1 N–H and O–H groups in total. The van der Waals surface area contributed by atoms with Crippen molar-refractivity contribution in [2.24, 2.45) is 0 Å². The van der Waals surface area contributed by atoms with Crippen LogP contribution in [0.5, 0.6) is 0 Å². The van der Waals surface area contributed by atoms with E-state index in [1.165, 1.54) is 54.3 Å². The van der Waals surface area contributed by atoms with Gasteiger partial charge in [0.25, 0.3) is 0 Å². The summed E-state index contributed by atoms with van der Waals surface area (Å²) in [6, 6.07) is 8.09. The molecule has 1 aromatic carbocycles. The van der Waals surface area contributed by atoms with Gasteiger partial charge in [-0.1, -0.05) is 23.9 Å². The summed E-state index contributed by atoms with van der Waals surface area (Å²) in [5.41, 5.74) is 4.25. The first-order chi connectivity index (χ1) is 16.3. The lowest BCUT2D eigenvalue weighted by Gasteiger charge is -2.30. The zero-order valence-corrected chi connectivity index (χ0v) is 20.1. The van der Waals surface area contributed by atoms with E-state index in [1.54, 1.807) is 17.7 Å². The molecule has 1 amide bonds. The van der Waals surface area contributed by atoms with Crippen molar-refractivity contribution in [3.8, 4) is 0 Å². The number of hydrogen-bond donors (Lipinski definition) is 1. The number of aryl methyl sites for hydroxylation is 2. The predicted octanol–water partition coefficient (Wildman–Crippen LogP) is 4.94. The van der Waals surface area contributed by atoms with E-state index in [0.717, 1.165) is 53.2 Å². The highest BCUT2D eigenvalue weighted by Gasteiger charge is 2.22. The van der Waals surface area contributed by atoms with Crippen LogP contribution in [-0.2, 0) is 17.6 Å². The van der Waals surface area contributed by atoms with E-state index in [4.69, 9.17) is 0 Å². The molecule has 0 spiro atoms. The van der Waals surface area contributed by atoms with Gasteiger partial charge >= 0.3 is 0 Å². The van der Waals surface area contributed by atoms with E-state index in [1.807, 2.05) is 22.6 Å². The Kier molecular flexibility index (Phi) is 5.67. The van der Waals surface area contributed by atoms with Crippen molar-refractivity contribution in [2.45, 2.75) is 50.1 Å². The molecule has 3 aromatic heterocycles. The molecule has 0 radical (unpaired) electrons. The fraction of sp³-hybridized carbons (Fsp3) is 0.417. The molecule has 1 fully saturated rings. The number of rotatable bonds is 5. The van der Waals surface area contributed by atoms with Crippen molar-refractivity contribution < 1.29 is 4.79 Å². The first-order valence-electron chi connectivity index (χ1n) is 11.7. The first kappa shape index (κ1) is 20.9. The molecular weight excluding hydrogens is 452 g/mol. The fourth-order valence-corrected chi connectivity index (χ4v) is 6.87. The number of carbonyl (C=O) groups is 1. The molecule has 7 nitrogen and oxygen atoms in total. The fourth-order valence-electron chi connectivity index (χ4n) is 4.94. The molecule has 1 saturated heterocycles. The standard InChI is InChI=1S/C24H26N6OS2/c31-20(26-17-9-3-4-10-18(17)29-12-6-1-7-13-29)14-32-24-28-27-22-21-16-8-2-5-11-19(16)33-23(21)25-15-30(22)24/h3-4,9-10,15H,1-2,5-8,11-14H2,(H,26,31). The van der Waals surface area contributed by atoms with Crippen LogP contribution in [0.1, 0.15) is 42.5 Å². The Bertz CT molecular complexity index is 1320. The number of nitrogens with one attached hydrogen (secondary N) is 1. The molecule has 6 rings (SSSR count). The first-order valence-corrected chi connectivity index (χ1v) is 13.5. The normalized spacial score (nSPS) is 16.3. The summed E-state index contributed by atoms with van der Waals surface area (Å²) in [6.45, 7) is 2.09. The van der Waals surface area contributed by atoms with Crippen molar-refractivity contribution in [3.63, 3.8) is 0 Å². The topological polar surface area (TPSA) is 75.4 Å². The number of nitrogens with zero attached hydrogens (tertiary/aromatic N) is 5. The van der Waals surface area contributed by atoms with Gasteiger partial charge in [-0.3, -0.25) is 9.20 Å². The van der Waals surface area contributed by atoms with Crippen molar-refractivity contribution in [2.75, 3.05) is 29.1 Å². The van der Waals surface area contributed by atoms with Gasteiger partial charge in [-0.05, 0) is 62.6 Å². The van der Waals surface area contributed by atoms with Crippen LogP contribution in [0.2, 0.25) is 0 Å². The highest BCUT2D eigenvalue weighted by Crippen LogP contribution is 2.37. The van der Waals surface area contributed by atoms with Crippen molar-refractivity contribution in [3.05, 3.63) is 41.0 Å². The summed E-state index contributed by atoms with van der Waals surface area (Å²) in [4.78, 5) is 22.4. The number of para-hydroxylation sites is 2. The average molecular weight is 479 g/mol. The van der Waals surface area contributed by atoms with Crippen LogP contribution < -0.4 is 10.2 Å². The Labute approximate surface area is 200 Å². The molecule has 1 aliphatic carbocycles. The molecule has 0 unspecified atom stereocenters. The number of fused-ring (bicyclic) bond motifs is 5. The number of thioether (sulfide) groups is 1. The Balaban J connectivity index is 1.19. The summed E-state index contributed by atoms with van der Waals surface area (Å²) in [5, 5.41) is 13.8. The van der Waals surface area contributed by atoms with Crippen LogP contribution in [0, 0.1) is 0 Å². The lowest BCUT2D eigenvalue weighted by Crippen LogP contribution is -2.30. The molecule has 170 valence electrons. The van der Waals surface area contributed by atoms with Crippen LogP contribution in [0.4, 0.5) is 11.4 Å². The van der Waals surface area contributed by atoms with E-state index in [2.05, 4.69) is 31.5 Å². The van der Waals surface area contributed by atoms with Crippen LogP contribution in [0.25, 0.3) is 15.9 Å².